The molecule has 0 fully saturated rings. The number of aliphatic hydroxyl groups is 2. The quantitative estimate of drug-likeness (QED) is 0.526. The molecule has 0 aromatic heterocycles. The number of carbonyl (C=O) groups excluding carboxylic acids is 1. The van der Waals surface area contributed by atoms with E-state index in [4.69, 9.17) is 15.9 Å². The third kappa shape index (κ3) is 3.06. The van der Waals surface area contributed by atoms with Gasteiger partial charge in [-0.25, -0.2) is 4.79 Å². The van der Waals surface area contributed by atoms with E-state index in [2.05, 4.69) is 4.74 Å². The Labute approximate surface area is 71.1 Å². The van der Waals surface area contributed by atoms with Crippen LogP contribution in [0, 0.1) is 5.41 Å². The molecule has 0 heterocycles. The van der Waals surface area contributed by atoms with Gasteiger partial charge in [-0.3, -0.25) is 0 Å². The molecule has 0 aromatic rings. The maximum absolute atomic E-state index is 10.2. The lowest BCUT2D eigenvalue weighted by Crippen LogP contribution is -2.36. The van der Waals surface area contributed by atoms with Crippen molar-refractivity contribution in [1.82, 2.24) is 0 Å². The predicted molar refractivity (Wildman–Crippen MR) is 42.4 cm³/mol. The molecule has 0 aromatic carbocycles. The fourth-order valence-corrected chi connectivity index (χ4v) is 0.691. The highest BCUT2D eigenvalue weighted by Crippen LogP contribution is 2.20. The van der Waals surface area contributed by atoms with Crippen LogP contribution in [0.5, 0.6) is 0 Å². The van der Waals surface area contributed by atoms with E-state index in [1.54, 1.807) is 6.92 Å². The summed E-state index contributed by atoms with van der Waals surface area (Å²) in [5, 5.41) is 17.8. The van der Waals surface area contributed by atoms with Gasteiger partial charge in [0, 0.05) is 0 Å². The third-order valence-corrected chi connectivity index (χ3v) is 1.94. The molecule has 5 heteroatoms. The van der Waals surface area contributed by atoms with Gasteiger partial charge in [-0.15, -0.1) is 0 Å². The summed E-state index contributed by atoms with van der Waals surface area (Å²) in [5.41, 5.74) is 3.98. The molecular weight excluding hydrogens is 162 g/mol. The molecular formula is C7H15NO4. The SMILES string of the molecule is CCC(CO)(CO)COC(N)=O. The van der Waals surface area contributed by atoms with Crippen LogP contribution < -0.4 is 5.73 Å². The maximum Gasteiger partial charge on any atom is 0.404 e. The second kappa shape index (κ2) is 4.95. The molecule has 72 valence electrons. The van der Waals surface area contributed by atoms with Crippen LogP contribution in [-0.2, 0) is 4.74 Å². The van der Waals surface area contributed by atoms with E-state index in [-0.39, 0.29) is 19.8 Å². The van der Waals surface area contributed by atoms with Crippen molar-refractivity contribution >= 4 is 6.09 Å². The molecule has 0 saturated carbocycles. The predicted octanol–water partition coefficient (Wildman–Crippen LogP) is -0.537. The summed E-state index contributed by atoms with van der Waals surface area (Å²) in [4.78, 5) is 10.2. The first-order valence-corrected chi connectivity index (χ1v) is 3.74. The summed E-state index contributed by atoms with van der Waals surface area (Å²) in [6, 6.07) is 0. The summed E-state index contributed by atoms with van der Waals surface area (Å²) in [5.74, 6) is 0. The van der Waals surface area contributed by atoms with Gasteiger partial charge in [0.2, 0.25) is 0 Å². The topological polar surface area (TPSA) is 92.8 Å². The first kappa shape index (κ1) is 11.2. The Bertz CT molecular complexity index is 136. The van der Waals surface area contributed by atoms with Crippen LogP contribution in [0.1, 0.15) is 13.3 Å². The number of primary amides is 1. The molecule has 0 rings (SSSR count). The Morgan fingerprint density at radius 3 is 2.25 bits per heavy atom. The summed E-state index contributed by atoms with van der Waals surface area (Å²) in [6.45, 7) is 1.28. The van der Waals surface area contributed by atoms with Gasteiger partial charge >= 0.3 is 6.09 Å². The molecule has 0 bridgehead atoms. The van der Waals surface area contributed by atoms with Crippen LogP contribution in [0.25, 0.3) is 0 Å². The smallest absolute Gasteiger partial charge is 0.404 e. The second-order valence-corrected chi connectivity index (χ2v) is 2.78. The molecule has 0 unspecified atom stereocenters. The van der Waals surface area contributed by atoms with Crippen LogP contribution in [-0.4, -0.2) is 36.1 Å². The van der Waals surface area contributed by atoms with Crippen molar-refractivity contribution in [1.29, 1.82) is 0 Å². The number of nitrogens with two attached hydrogens (primary N) is 1. The van der Waals surface area contributed by atoms with Crippen molar-refractivity contribution in [2.45, 2.75) is 13.3 Å². The summed E-state index contributed by atoms with van der Waals surface area (Å²) >= 11 is 0. The van der Waals surface area contributed by atoms with E-state index < -0.39 is 11.5 Å². The lowest BCUT2D eigenvalue weighted by atomic mass is 9.88. The van der Waals surface area contributed by atoms with Gasteiger partial charge < -0.3 is 20.7 Å². The lowest BCUT2D eigenvalue weighted by Gasteiger charge is -2.26. The third-order valence-electron chi connectivity index (χ3n) is 1.94. The minimum absolute atomic E-state index is 0.0498. The van der Waals surface area contributed by atoms with Gasteiger partial charge in [0.25, 0.3) is 0 Å². The minimum Gasteiger partial charge on any atom is -0.449 e. The highest BCUT2D eigenvalue weighted by atomic mass is 16.5. The van der Waals surface area contributed by atoms with E-state index in [9.17, 15) is 4.79 Å². The fourth-order valence-electron chi connectivity index (χ4n) is 0.691. The Kier molecular flexibility index (Phi) is 4.61. The molecule has 0 atom stereocenters. The molecule has 0 aliphatic carbocycles. The number of rotatable bonds is 5. The van der Waals surface area contributed by atoms with Crippen molar-refractivity contribution in [2.75, 3.05) is 19.8 Å². The van der Waals surface area contributed by atoms with E-state index in [1.807, 2.05) is 0 Å². The van der Waals surface area contributed by atoms with Crippen LogP contribution in [0.4, 0.5) is 4.79 Å². The monoisotopic (exact) mass is 177 g/mol. The fraction of sp³-hybridized carbons (Fsp3) is 0.857. The van der Waals surface area contributed by atoms with Crippen LogP contribution >= 0.6 is 0 Å². The number of hydrogen-bond acceptors (Lipinski definition) is 4. The average Bonchev–Trinajstić information content (AvgIpc) is 2.08. The number of aliphatic hydroxyl groups excluding tert-OH is 2. The van der Waals surface area contributed by atoms with Gasteiger partial charge in [0.1, 0.15) is 6.61 Å². The normalized spacial score (nSPS) is 11.2. The van der Waals surface area contributed by atoms with Gasteiger partial charge in [-0.2, -0.15) is 0 Å². The number of carbonyl (C=O) groups is 1. The van der Waals surface area contributed by atoms with Crippen molar-refractivity contribution in [3.8, 4) is 0 Å². The van der Waals surface area contributed by atoms with Crippen LogP contribution in [0.2, 0.25) is 0 Å². The van der Waals surface area contributed by atoms with Gasteiger partial charge in [-0.05, 0) is 6.42 Å². The summed E-state index contributed by atoms with van der Waals surface area (Å²) < 4.78 is 4.50. The zero-order valence-electron chi connectivity index (χ0n) is 7.12. The Morgan fingerprint density at radius 2 is 2.00 bits per heavy atom. The molecule has 1 amide bonds. The Hall–Kier alpha value is -0.810. The van der Waals surface area contributed by atoms with Crippen molar-refractivity contribution in [3.63, 3.8) is 0 Å². The molecule has 4 N–H and O–H groups in total. The largest absolute Gasteiger partial charge is 0.449 e. The lowest BCUT2D eigenvalue weighted by molar-refractivity contribution is -0.00314. The van der Waals surface area contributed by atoms with Crippen molar-refractivity contribution < 1.29 is 19.7 Å². The van der Waals surface area contributed by atoms with E-state index in [0.717, 1.165) is 0 Å². The molecule has 0 spiro atoms. The Morgan fingerprint density at radius 1 is 1.50 bits per heavy atom. The molecule has 0 aliphatic heterocycles. The summed E-state index contributed by atoms with van der Waals surface area (Å²) in [6.07, 6.45) is -0.373. The van der Waals surface area contributed by atoms with Gasteiger partial charge in [-0.1, -0.05) is 6.92 Å². The molecule has 5 nitrogen and oxygen atoms in total. The molecule has 12 heavy (non-hydrogen) atoms. The first-order chi connectivity index (χ1) is 5.60. The van der Waals surface area contributed by atoms with Gasteiger partial charge in [0.05, 0.1) is 18.6 Å². The highest BCUT2D eigenvalue weighted by Gasteiger charge is 2.28. The van der Waals surface area contributed by atoms with Crippen molar-refractivity contribution in [3.05, 3.63) is 0 Å². The zero-order valence-corrected chi connectivity index (χ0v) is 7.12. The van der Waals surface area contributed by atoms with Crippen LogP contribution in [0.3, 0.4) is 0 Å². The van der Waals surface area contributed by atoms with E-state index in [1.165, 1.54) is 0 Å². The molecule has 0 radical (unpaired) electrons. The average molecular weight is 177 g/mol. The molecule has 0 saturated heterocycles. The standard InChI is InChI=1S/C7H15NO4/c1-2-7(3-9,4-10)5-12-6(8)11/h9-10H,2-5H2,1H3,(H2,8,11). The first-order valence-electron chi connectivity index (χ1n) is 3.74. The zero-order chi connectivity index (χ0) is 9.61. The van der Waals surface area contributed by atoms with Crippen molar-refractivity contribution in [2.24, 2.45) is 11.1 Å². The molecule has 0 aliphatic rings. The second-order valence-electron chi connectivity index (χ2n) is 2.78. The van der Waals surface area contributed by atoms with E-state index in [0.29, 0.717) is 6.42 Å². The number of ether oxygens (including phenoxy) is 1. The summed E-state index contributed by atoms with van der Waals surface area (Å²) in [7, 11) is 0. The highest BCUT2D eigenvalue weighted by molar-refractivity contribution is 5.64. The van der Waals surface area contributed by atoms with E-state index >= 15 is 0 Å². The number of hydrogen-bond donors (Lipinski definition) is 3. The minimum atomic E-state index is -0.894. The maximum atomic E-state index is 10.2. The van der Waals surface area contributed by atoms with Gasteiger partial charge in [0.15, 0.2) is 0 Å². The Balaban J connectivity index is 4.01. The number of amides is 1. The van der Waals surface area contributed by atoms with Crippen LogP contribution in [0.15, 0.2) is 0 Å².